The van der Waals surface area contributed by atoms with Crippen LogP contribution in [0.25, 0.3) is 0 Å². The number of carbonyl (C=O) groups excluding carboxylic acids is 1. The predicted octanol–water partition coefficient (Wildman–Crippen LogP) is 3.60. The first kappa shape index (κ1) is 26.7. The van der Waals surface area contributed by atoms with Crippen LogP contribution in [-0.2, 0) is 36.3 Å². The van der Waals surface area contributed by atoms with Gasteiger partial charge in [-0.2, -0.15) is 4.31 Å². The van der Waals surface area contributed by atoms with Gasteiger partial charge in [-0.1, -0.05) is 30.3 Å². The number of hydrogen-bond acceptors (Lipinski definition) is 6. The minimum Gasteiger partial charge on any atom is -0.468 e. The maximum absolute atomic E-state index is 15.4. The summed E-state index contributed by atoms with van der Waals surface area (Å²) in [7, 11) is -1.31. The number of methoxy groups -OCH3 is 2. The van der Waals surface area contributed by atoms with Gasteiger partial charge >= 0.3 is 5.97 Å². The Morgan fingerprint density at radius 3 is 2.39 bits per heavy atom. The van der Waals surface area contributed by atoms with E-state index in [0.717, 1.165) is 19.2 Å². The first-order valence-electron chi connectivity index (χ1n) is 11.8. The van der Waals surface area contributed by atoms with Crippen LogP contribution in [0.4, 0.5) is 8.78 Å². The topological polar surface area (TPSA) is 93.1 Å². The Bertz CT molecular complexity index is 1230. The molecule has 0 aromatic heterocycles. The molecule has 1 saturated carbocycles. The summed E-state index contributed by atoms with van der Waals surface area (Å²) in [6, 6.07) is 10.3. The fourth-order valence-corrected chi connectivity index (χ4v) is 7.87. The van der Waals surface area contributed by atoms with Crippen molar-refractivity contribution in [3.63, 3.8) is 0 Å². The van der Waals surface area contributed by atoms with Crippen LogP contribution < -0.4 is 0 Å². The maximum atomic E-state index is 15.4. The second-order valence-corrected chi connectivity index (χ2v) is 12.0. The second-order valence-electron chi connectivity index (χ2n) is 9.92. The minimum atomic E-state index is -3.84. The van der Waals surface area contributed by atoms with Gasteiger partial charge in [0.1, 0.15) is 22.3 Å². The summed E-state index contributed by atoms with van der Waals surface area (Å²) in [5, 5.41) is 9.80. The van der Waals surface area contributed by atoms with Crippen molar-refractivity contribution in [3.8, 4) is 0 Å². The fourth-order valence-electron chi connectivity index (χ4n) is 5.68. The number of esters is 1. The average molecular weight is 524 g/mol. The van der Waals surface area contributed by atoms with E-state index in [4.69, 9.17) is 9.47 Å². The molecule has 1 saturated heterocycles. The summed E-state index contributed by atoms with van der Waals surface area (Å²) < 4.78 is 68.8. The Morgan fingerprint density at radius 2 is 1.78 bits per heavy atom. The lowest BCUT2D eigenvalue weighted by Crippen LogP contribution is -2.61. The van der Waals surface area contributed by atoms with E-state index >= 15 is 8.78 Å². The molecule has 1 aliphatic carbocycles. The summed E-state index contributed by atoms with van der Waals surface area (Å²) in [4.78, 5) is 12.6. The third-order valence-electron chi connectivity index (χ3n) is 7.42. The number of halogens is 2. The van der Waals surface area contributed by atoms with Crippen molar-refractivity contribution in [1.82, 2.24) is 4.31 Å². The molecule has 2 atom stereocenters. The van der Waals surface area contributed by atoms with E-state index in [9.17, 15) is 18.3 Å². The molecule has 0 unspecified atom stereocenters. The van der Waals surface area contributed by atoms with Gasteiger partial charge in [0, 0.05) is 30.8 Å². The Balaban J connectivity index is 1.65. The number of benzene rings is 2. The molecule has 1 aliphatic heterocycles. The van der Waals surface area contributed by atoms with Gasteiger partial charge in [-0.25, -0.2) is 17.2 Å². The van der Waals surface area contributed by atoms with Crippen molar-refractivity contribution in [1.29, 1.82) is 0 Å². The Kier molecular flexibility index (Phi) is 7.27. The van der Waals surface area contributed by atoms with Gasteiger partial charge in [-0.05, 0) is 50.3 Å². The number of hydrogen-bond donors (Lipinski definition) is 1. The highest BCUT2D eigenvalue weighted by molar-refractivity contribution is 7.89. The van der Waals surface area contributed by atoms with E-state index in [2.05, 4.69) is 0 Å². The number of sulfonamides is 1. The first-order chi connectivity index (χ1) is 17.0. The van der Waals surface area contributed by atoms with Gasteiger partial charge in [-0.15, -0.1) is 0 Å². The number of aliphatic hydroxyl groups is 1. The van der Waals surface area contributed by atoms with Crippen LogP contribution in [0.3, 0.4) is 0 Å². The Labute approximate surface area is 210 Å². The lowest BCUT2D eigenvalue weighted by atomic mass is 9.56. The van der Waals surface area contributed by atoms with Crippen LogP contribution in [0.15, 0.2) is 42.5 Å². The number of nitrogens with zero attached hydrogens (tertiary/aromatic N) is 1. The van der Waals surface area contributed by atoms with Gasteiger partial charge in [0.25, 0.3) is 0 Å². The predicted molar refractivity (Wildman–Crippen MR) is 128 cm³/mol. The monoisotopic (exact) mass is 523 g/mol. The second kappa shape index (κ2) is 9.81. The van der Waals surface area contributed by atoms with Gasteiger partial charge in [0.2, 0.25) is 10.0 Å². The molecule has 36 heavy (non-hydrogen) atoms. The van der Waals surface area contributed by atoms with Crippen molar-refractivity contribution in [3.05, 3.63) is 70.8 Å². The standard InChI is InChI=1S/C26H31F2NO6S/c1-17-9-10-23(18-7-5-4-6-8-18)36(32,33)29(17)13-19-11-22(28)20(12-21(19)27)26(24(30)35-3)14-25(31,15-26)16-34-2/h4-8,11-12,17,23,31H,9-10,13-16H2,1-3H3/t17-,23+,25-,26-/m0/s1. The highest BCUT2D eigenvalue weighted by atomic mass is 32.2. The van der Waals surface area contributed by atoms with Crippen LogP contribution in [0.2, 0.25) is 0 Å². The molecule has 7 nitrogen and oxygen atoms in total. The smallest absolute Gasteiger partial charge is 0.316 e. The molecule has 196 valence electrons. The van der Waals surface area contributed by atoms with Gasteiger partial charge in [-0.3, -0.25) is 4.79 Å². The lowest BCUT2D eigenvalue weighted by Gasteiger charge is -2.51. The molecule has 4 rings (SSSR count). The molecule has 1 heterocycles. The normalized spacial score (nSPS) is 29.9. The molecule has 0 bridgehead atoms. The molecule has 2 aliphatic rings. The van der Waals surface area contributed by atoms with Crippen LogP contribution in [-0.4, -0.2) is 56.3 Å². The van der Waals surface area contributed by atoms with Crippen LogP contribution >= 0.6 is 0 Å². The quantitative estimate of drug-likeness (QED) is 0.558. The average Bonchev–Trinajstić information content (AvgIpc) is 2.81. The molecule has 2 aromatic carbocycles. The minimum absolute atomic E-state index is 0.0682. The largest absolute Gasteiger partial charge is 0.468 e. The molecular formula is C26H31F2NO6S. The van der Waals surface area contributed by atoms with Gasteiger partial charge < -0.3 is 14.6 Å². The Morgan fingerprint density at radius 1 is 1.11 bits per heavy atom. The third-order valence-corrected chi connectivity index (χ3v) is 9.79. The van der Waals surface area contributed by atoms with E-state index in [1.54, 1.807) is 37.3 Å². The Hall–Kier alpha value is -2.40. The summed E-state index contributed by atoms with van der Waals surface area (Å²) in [6.45, 7) is 1.34. The van der Waals surface area contributed by atoms with Crippen molar-refractivity contribution < 1.29 is 36.6 Å². The van der Waals surface area contributed by atoms with Crippen molar-refractivity contribution in [2.75, 3.05) is 20.8 Å². The molecule has 2 fully saturated rings. The zero-order valence-electron chi connectivity index (χ0n) is 20.5. The van der Waals surface area contributed by atoms with Crippen LogP contribution in [0.1, 0.15) is 54.5 Å². The van der Waals surface area contributed by atoms with E-state index in [0.29, 0.717) is 18.4 Å². The van der Waals surface area contributed by atoms with Crippen molar-refractivity contribution in [2.24, 2.45) is 0 Å². The first-order valence-corrected chi connectivity index (χ1v) is 13.3. The summed E-state index contributed by atoms with van der Waals surface area (Å²) in [5.41, 5.74) is -2.63. The van der Waals surface area contributed by atoms with E-state index < -0.39 is 49.9 Å². The maximum Gasteiger partial charge on any atom is 0.316 e. The van der Waals surface area contributed by atoms with E-state index in [1.165, 1.54) is 11.4 Å². The SMILES string of the molecule is COC[C@]1(O)C[C@@](C(=O)OC)(c2cc(F)c(CN3[C@@H](C)CC[C@H](c4ccccc4)S3(=O)=O)cc2F)C1. The summed E-state index contributed by atoms with van der Waals surface area (Å²) >= 11 is 0. The van der Waals surface area contributed by atoms with Crippen molar-refractivity contribution in [2.45, 2.75) is 61.5 Å². The zero-order valence-corrected chi connectivity index (χ0v) is 21.4. The molecule has 0 spiro atoms. The van der Waals surface area contributed by atoms with Crippen molar-refractivity contribution >= 4 is 16.0 Å². The fraction of sp³-hybridized carbons (Fsp3) is 0.500. The van der Waals surface area contributed by atoms with Crippen LogP contribution in [0, 0.1) is 11.6 Å². The van der Waals surface area contributed by atoms with Crippen LogP contribution in [0.5, 0.6) is 0 Å². The molecule has 2 aromatic rings. The number of ether oxygens (including phenoxy) is 2. The molecule has 1 N–H and O–H groups in total. The number of rotatable bonds is 7. The summed E-state index contributed by atoms with van der Waals surface area (Å²) in [6.07, 6.45) is 0.634. The highest BCUT2D eigenvalue weighted by Crippen LogP contribution is 2.52. The molecular weight excluding hydrogens is 492 g/mol. The highest BCUT2D eigenvalue weighted by Gasteiger charge is 2.61. The molecule has 0 radical (unpaired) electrons. The zero-order chi connectivity index (χ0) is 26.3. The summed E-state index contributed by atoms with van der Waals surface area (Å²) in [5.74, 6) is -2.48. The molecule has 0 amide bonds. The van der Waals surface area contributed by atoms with E-state index in [1.807, 2.05) is 0 Å². The third kappa shape index (κ3) is 4.55. The van der Waals surface area contributed by atoms with E-state index in [-0.39, 0.29) is 37.1 Å². The number of carbonyl (C=O) groups is 1. The van der Waals surface area contributed by atoms with Gasteiger partial charge in [0.05, 0.1) is 19.3 Å². The van der Waals surface area contributed by atoms with Gasteiger partial charge in [0.15, 0.2) is 0 Å². The lowest BCUT2D eigenvalue weighted by molar-refractivity contribution is -0.176. The molecule has 10 heteroatoms.